The fourth-order valence-electron chi connectivity index (χ4n) is 10.4. The highest BCUT2D eigenvalue weighted by atomic mass is 16.5. The molecular formula is C58H50N2O4. The van der Waals surface area contributed by atoms with Gasteiger partial charge in [-0.1, -0.05) is 122 Å². The number of ether oxygens (including phenoxy) is 2. The van der Waals surface area contributed by atoms with Crippen molar-refractivity contribution in [3.63, 3.8) is 0 Å². The van der Waals surface area contributed by atoms with Crippen LogP contribution in [0.1, 0.15) is 36.8 Å². The van der Waals surface area contributed by atoms with Crippen molar-refractivity contribution in [3.05, 3.63) is 181 Å². The second kappa shape index (κ2) is 16.4. The summed E-state index contributed by atoms with van der Waals surface area (Å²) >= 11 is 0. The number of phenols is 2. The molecule has 1 aliphatic carbocycles. The van der Waals surface area contributed by atoms with Crippen molar-refractivity contribution < 1.29 is 19.7 Å². The number of aromatic hydroxyl groups is 2. The SMILES string of the molecule is Cc1cc(-c2ccccc2OC[C@@H]2CCCC[C@H]2COc2ccccc2-c2cc(C)cc(-n3c4ccccc4c4ccccc43)c2O)c(O)c(-n2c3ccccc3c3ccccc32)c1. The lowest BCUT2D eigenvalue weighted by Gasteiger charge is -2.32. The Morgan fingerprint density at radius 1 is 0.422 bits per heavy atom. The zero-order valence-electron chi connectivity index (χ0n) is 36.2. The molecule has 8 aromatic carbocycles. The van der Waals surface area contributed by atoms with Crippen LogP contribution in [0.25, 0.3) is 77.2 Å². The van der Waals surface area contributed by atoms with E-state index in [0.717, 1.165) is 126 Å². The minimum atomic E-state index is 0.220. The molecule has 2 atom stereocenters. The van der Waals surface area contributed by atoms with Gasteiger partial charge in [-0.15, -0.1) is 0 Å². The molecular weight excluding hydrogens is 789 g/mol. The van der Waals surface area contributed by atoms with Crippen molar-refractivity contribution in [1.82, 2.24) is 9.13 Å². The van der Waals surface area contributed by atoms with Crippen LogP contribution in [0.4, 0.5) is 0 Å². The molecule has 10 aromatic rings. The first-order valence-corrected chi connectivity index (χ1v) is 22.5. The summed E-state index contributed by atoms with van der Waals surface area (Å²) < 4.78 is 18.0. The third-order valence-electron chi connectivity index (χ3n) is 13.4. The number of phenolic OH excluding ortho intramolecular Hbond substituents is 2. The summed E-state index contributed by atoms with van der Waals surface area (Å²) in [5, 5.41) is 29.0. The second-order valence-electron chi connectivity index (χ2n) is 17.5. The van der Waals surface area contributed by atoms with Gasteiger partial charge in [0.15, 0.2) is 0 Å². The van der Waals surface area contributed by atoms with Crippen molar-refractivity contribution in [2.45, 2.75) is 39.5 Å². The van der Waals surface area contributed by atoms with E-state index in [9.17, 15) is 10.2 Å². The Morgan fingerprint density at radius 2 is 0.750 bits per heavy atom. The van der Waals surface area contributed by atoms with E-state index >= 15 is 0 Å². The largest absolute Gasteiger partial charge is 0.505 e. The molecule has 1 aliphatic rings. The van der Waals surface area contributed by atoms with E-state index in [0.29, 0.717) is 13.2 Å². The number of para-hydroxylation sites is 6. The lowest BCUT2D eigenvalue weighted by atomic mass is 9.80. The normalized spacial score (nSPS) is 15.3. The van der Waals surface area contributed by atoms with Crippen LogP contribution in [0.3, 0.4) is 0 Å². The molecule has 1 fully saturated rings. The van der Waals surface area contributed by atoms with E-state index in [1.54, 1.807) is 0 Å². The summed E-state index contributed by atoms with van der Waals surface area (Å²) in [5.74, 6) is 2.50. The van der Waals surface area contributed by atoms with Crippen molar-refractivity contribution in [2.24, 2.45) is 11.8 Å². The Bertz CT molecular complexity index is 3040. The monoisotopic (exact) mass is 838 g/mol. The van der Waals surface area contributed by atoms with E-state index in [2.05, 4.69) is 144 Å². The van der Waals surface area contributed by atoms with Crippen molar-refractivity contribution in [2.75, 3.05) is 13.2 Å². The number of aryl methyl sites for hydroxylation is 2. The first-order chi connectivity index (χ1) is 31.4. The molecule has 64 heavy (non-hydrogen) atoms. The maximum Gasteiger partial charge on any atom is 0.147 e. The van der Waals surface area contributed by atoms with Gasteiger partial charge in [-0.25, -0.2) is 0 Å². The summed E-state index contributed by atoms with van der Waals surface area (Å²) in [6, 6.07) is 57.9. The molecule has 0 spiro atoms. The fraction of sp³-hybridized carbons (Fsp3) is 0.172. The number of aromatic nitrogens is 2. The number of benzene rings is 8. The third kappa shape index (κ3) is 6.81. The first-order valence-electron chi connectivity index (χ1n) is 22.5. The quantitative estimate of drug-likeness (QED) is 0.144. The standard InChI is InChI=1S/C58H50N2O4/c1-37-31-47(57(61)53(33-37)59-49-25-11-5-19-41(49)42-20-6-12-26-50(42)59)45-23-9-15-29-55(45)63-35-39-17-3-4-18-40(39)36-64-56-30-16-10-24-46(56)48-32-38(2)34-54(58(48)62)60-51-27-13-7-21-43(51)44-22-8-14-28-52(44)60/h5-16,19-34,39-40,61-62H,3-4,17-18,35-36H2,1-2H3/t39-,40-/m0/s1. The van der Waals surface area contributed by atoms with E-state index in [4.69, 9.17) is 9.47 Å². The molecule has 0 bridgehead atoms. The smallest absolute Gasteiger partial charge is 0.147 e. The minimum Gasteiger partial charge on any atom is -0.505 e. The Morgan fingerprint density at radius 3 is 1.12 bits per heavy atom. The van der Waals surface area contributed by atoms with Gasteiger partial charge in [0.2, 0.25) is 0 Å². The molecule has 2 heterocycles. The predicted molar refractivity (Wildman–Crippen MR) is 262 cm³/mol. The highest BCUT2D eigenvalue weighted by molar-refractivity contribution is 6.10. The molecule has 0 amide bonds. The zero-order chi connectivity index (χ0) is 43.3. The molecule has 316 valence electrons. The van der Waals surface area contributed by atoms with Crippen LogP contribution in [0.5, 0.6) is 23.0 Å². The van der Waals surface area contributed by atoms with Crippen LogP contribution >= 0.6 is 0 Å². The van der Waals surface area contributed by atoms with Gasteiger partial charge in [-0.2, -0.15) is 0 Å². The number of hydrogen-bond donors (Lipinski definition) is 2. The molecule has 2 N–H and O–H groups in total. The average Bonchev–Trinajstić information content (AvgIpc) is 3.85. The maximum absolute atomic E-state index is 12.2. The zero-order valence-corrected chi connectivity index (χ0v) is 36.2. The van der Waals surface area contributed by atoms with Crippen LogP contribution in [0, 0.1) is 25.7 Å². The fourth-order valence-corrected chi connectivity index (χ4v) is 10.4. The second-order valence-corrected chi connectivity index (χ2v) is 17.5. The van der Waals surface area contributed by atoms with Crippen molar-refractivity contribution in [1.29, 1.82) is 0 Å². The number of nitrogens with zero attached hydrogens (tertiary/aromatic N) is 2. The molecule has 6 nitrogen and oxygen atoms in total. The van der Waals surface area contributed by atoms with Crippen molar-refractivity contribution >= 4 is 43.6 Å². The lowest BCUT2D eigenvalue weighted by Crippen LogP contribution is -2.30. The molecule has 0 saturated heterocycles. The highest BCUT2D eigenvalue weighted by Crippen LogP contribution is 2.45. The molecule has 6 heteroatoms. The van der Waals surface area contributed by atoms with Crippen LogP contribution in [0.2, 0.25) is 0 Å². The molecule has 0 aliphatic heterocycles. The summed E-state index contributed by atoms with van der Waals surface area (Å²) in [5.41, 5.74) is 11.0. The van der Waals surface area contributed by atoms with E-state index in [-0.39, 0.29) is 23.3 Å². The lowest BCUT2D eigenvalue weighted by molar-refractivity contribution is 0.105. The first kappa shape index (κ1) is 39.4. The Kier molecular flexibility index (Phi) is 10.1. The Hall–Kier alpha value is -7.44. The average molecular weight is 839 g/mol. The molecule has 2 aromatic heterocycles. The molecule has 11 rings (SSSR count). The number of fused-ring (bicyclic) bond motifs is 6. The molecule has 0 unspecified atom stereocenters. The van der Waals surface area contributed by atoms with Crippen LogP contribution < -0.4 is 9.47 Å². The highest BCUT2D eigenvalue weighted by Gasteiger charge is 2.28. The number of rotatable bonds is 10. The van der Waals surface area contributed by atoms with Crippen LogP contribution in [0.15, 0.2) is 170 Å². The van der Waals surface area contributed by atoms with Gasteiger partial charge in [-0.3, -0.25) is 0 Å². The maximum atomic E-state index is 12.2. The van der Waals surface area contributed by atoms with Gasteiger partial charge in [0, 0.05) is 43.8 Å². The third-order valence-corrected chi connectivity index (χ3v) is 13.4. The summed E-state index contributed by atoms with van der Waals surface area (Å²) in [6.07, 6.45) is 4.39. The Labute approximate surface area is 373 Å². The molecule has 0 radical (unpaired) electrons. The van der Waals surface area contributed by atoms with Gasteiger partial charge < -0.3 is 28.8 Å². The van der Waals surface area contributed by atoms with Crippen LogP contribution in [-0.4, -0.2) is 32.6 Å². The topological polar surface area (TPSA) is 68.8 Å². The minimum absolute atomic E-state index is 0.220. The van der Waals surface area contributed by atoms with E-state index in [1.807, 2.05) is 48.5 Å². The van der Waals surface area contributed by atoms with E-state index < -0.39 is 0 Å². The van der Waals surface area contributed by atoms with Crippen LogP contribution in [-0.2, 0) is 0 Å². The number of hydrogen-bond acceptors (Lipinski definition) is 4. The van der Waals surface area contributed by atoms with Gasteiger partial charge in [0.05, 0.1) is 46.7 Å². The summed E-state index contributed by atoms with van der Waals surface area (Å²) in [6.45, 7) is 5.25. The van der Waals surface area contributed by atoms with Gasteiger partial charge in [0.25, 0.3) is 0 Å². The van der Waals surface area contributed by atoms with Gasteiger partial charge in [-0.05, 0) is 110 Å². The summed E-state index contributed by atoms with van der Waals surface area (Å²) in [7, 11) is 0. The Balaban J connectivity index is 0.868. The summed E-state index contributed by atoms with van der Waals surface area (Å²) in [4.78, 5) is 0. The van der Waals surface area contributed by atoms with Gasteiger partial charge >= 0.3 is 0 Å². The van der Waals surface area contributed by atoms with Crippen molar-refractivity contribution in [3.8, 4) is 56.6 Å². The van der Waals surface area contributed by atoms with E-state index in [1.165, 1.54) is 0 Å². The predicted octanol–water partition coefficient (Wildman–Crippen LogP) is 14.5. The van der Waals surface area contributed by atoms with Gasteiger partial charge in [0.1, 0.15) is 23.0 Å². The molecule has 1 saturated carbocycles.